The van der Waals surface area contributed by atoms with Gasteiger partial charge < -0.3 is 5.11 Å². The van der Waals surface area contributed by atoms with Crippen LogP contribution >= 0.6 is 0 Å². The van der Waals surface area contributed by atoms with Gasteiger partial charge >= 0.3 is 5.97 Å². The Bertz CT molecular complexity index is 408. The summed E-state index contributed by atoms with van der Waals surface area (Å²) in [6.07, 6.45) is 23.4. The van der Waals surface area contributed by atoms with E-state index in [0.717, 1.165) is 19.3 Å². The minimum absolute atomic E-state index is 0.183. The van der Waals surface area contributed by atoms with Crippen LogP contribution in [0.5, 0.6) is 0 Å². The monoisotopic (exact) mass is 336 g/mol. The fourth-order valence-electron chi connectivity index (χ4n) is 2.03. The topological polar surface area (TPSA) is 66.8 Å². The summed E-state index contributed by atoms with van der Waals surface area (Å²) in [6.45, 7) is 2.21. The number of rotatable bonds is 15. The highest BCUT2D eigenvalue weighted by Gasteiger charge is 2.00. The largest absolute Gasteiger partial charge is 0.481 e. The molecule has 0 aromatic rings. The number of carboxylic acid groups (broad SMARTS) is 1. The second-order valence-corrected chi connectivity index (χ2v) is 5.65. The first kappa shape index (κ1) is 22.4. The molecule has 0 aliphatic carbocycles. The van der Waals surface area contributed by atoms with Gasteiger partial charge in [-0.15, -0.1) is 0 Å². The van der Waals surface area contributed by atoms with Crippen molar-refractivity contribution in [3.8, 4) is 0 Å². The molecule has 0 aromatic heterocycles. The molecule has 0 radical (unpaired) electrons. The van der Waals surface area contributed by atoms with E-state index in [1.54, 1.807) is 6.08 Å². The molecule has 0 spiro atoms. The first-order valence-corrected chi connectivity index (χ1v) is 8.86. The summed E-state index contributed by atoms with van der Waals surface area (Å²) in [6, 6.07) is 0. The Kier molecular flexibility index (Phi) is 16.5. The second-order valence-electron chi connectivity index (χ2n) is 5.65. The maximum Gasteiger partial charge on any atom is 0.303 e. The van der Waals surface area contributed by atoms with E-state index >= 15 is 0 Å². The van der Waals surface area contributed by atoms with Gasteiger partial charge in [-0.1, -0.05) is 68.4 Å². The number of aliphatic carboxylic acids is 1. The number of carbonyl (C=O) groups is 1. The van der Waals surface area contributed by atoms with Crippen LogP contribution in [0.3, 0.4) is 0 Å². The van der Waals surface area contributed by atoms with Crippen molar-refractivity contribution in [2.75, 3.05) is 0 Å². The van der Waals surface area contributed by atoms with Gasteiger partial charge in [0, 0.05) is 6.42 Å². The van der Waals surface area contributed by atoms with E-state index in [0.29, 0.717) is 12.8 Å². The Balaban J connectivity index is 3.81. The summed E-state index contributed by atoms with van der Waals surface area (Å²) in [5.41, 5.74) is 0. The van der Waals surface area contributed by atoms with Gasteiger partial charge in [-0.2, -0.15) is 0 Å². The third-order valence-corrected chi connectivity index (χ3v) is 3.42. The molecule has 0 amide bonds. The zero-order valence-electron chi connectivity index (χ0n) is 14.8. The lowest BCUT2D eigenvalue weighted by atomic mass is 10.1. The van der Waals surface area contributed by atoms with Crippen molar-refractivity contribution in [1.29, 1.82) is 0 Å². The van der Waals surface area contributed by atoms with E-state index in [2.05, 4.69) is 30.0 Å². The zero-order chi connectivity index (χ0) is 17.9. The molecule has 2 N–H and O–H groups in total. The molecule has 0 bridgehead atoms. The van der Waals surface area contributed by atoms with E-state index in [1.165, 1.54) is 19.3 Å². The number of allylic oxidation sites excluding steroid dienone is 6. The third-order valence-electron chi connectivity index (χ3n) is 3.42. The molecule has 0 rings (SSSR count). The predicted molar refractivity (Wildman–Crippen MR) is 98.9 cm³/mol. The van der Waals surface area contributed by atoms with Crippen LogP contribution in [0.2, 0.25) is 0 Å². The molecule has 0 fully saturated rings. The number of hydrogen-bond donors (Lipinski definition) is 2. The maximum atomic E-state index is 10.4. The molecule has 0 aliphatic rings. The minimum Gasteiger partial charge on any atom is -0.481 e. The Labute approximate surface area is 146 Å². The summed E-state index contributed by atoms with van der Waals surface area (Å²) >= 11 is 0. The van der Waals surface area contributed by atoms with Gasteiger partial charge in [0.05, 0.1) is 0 Å². The first-order valence-electron chi connectivity index (χ1n) is 8.86. The Hall–Kier alpha value is -1.65. The van der Waals surface area contributed by atoms with Crippen molar-refractivity contribution in [2.24, 2.45) is 0 Å². The molecule has 0 heterocycles. The van der Waals surface area contributed by atoms with Crippen LogP contribution in [0.25, 0.3) is 0 Å². The van der Waals surface area contributed by atoms with E-state index in [9.17, 15) is 4.79 Å². The van der Waals surface area contributed by atoms with Gasteiger partial charge in [0.15, 0.2) is 0 Å². The molecule has 0 saturated carbocycles. The molecule has 4 nitrogen and oxygen atoms in total. The Morgan fingerprint density at radius 2 is 1.75 bits per heavy atom. The second kappa shape index (κ2) is 17.7. The molecule has 1 atom stereocenters. The normalized spacial score (nSPS) is 13.8. The van der Waals surface area contributed by atoms with Crippen LogP contribution in [0.4, 0.5) is 0 Å². The van der Waals surface area contributed by atoms with Gasteiger partial charge in [-0.3, -0.25) is 10.1 Å². The van der Waals surface area contributed by atoms with Crippen LogP contribution in [0.15, 0.2) is 48.6 Å². The molecule has 1 unspecified atom stereocenters. The van der Waals surface area contributed by atoms with Gasteiger partial charge in [-0.25, -0.2) is 4.89 Å². The highest BCUT2D eigenvalue weighted by molar-refractivity contribution is 5.66. The van der Waals surface area contributed by atoms with Crippen LogP contribution in [0.1, 0.15) is 64.7 Å². The Morgan fingerprint density at radius 1 is 1.00 bits per heavy atom. The van der Waals surface area contributed by atoms with E-state index in [1.807, 2.05) is 24.3 Å². The number of unbranched alkanes of at least 4 members (excludes halogenated alkanes) is 4. The highest BCUT2D eigenvalue weighted by Crippen LogP contribution is 2.04. The first-order chi connectivity index (χ1) is 11.7. The smallest absolute Gasteiger partial charge is 0.303 e. The fourth-order valence-corrected chi connectivity index (χ4v) is 2.03. The van der Waals surface area contributed by atoms with Gasteiger partial charge in [0.2, 0.25) is 0 Å². The number of hydrogen-bond acceptors (Lipinski definition) is 3. The lowest BCUT2D eigenvalue weighted by Crippen LogP contribution is -2.04. The van der Waals surface area contributed by atoms with Crippen LogP contribution in [-0.4, -0.2) is 22.4 Å². The average Bonchev–Trinajstić information content (AvgIpc) is 2.57. The summed E-state index contributed by atoms with van der Waals surface area (Å²) < 4.78 is 0. The summed E-state index contributed by atoms with van der Waals surface area (Å²) in [5, 5.41) is 17.4. The summed E-state index contributed by atoms with van der Waals surface area (Å²) in [4.78, 5) is 14.8. The molecular weight excluding hydrogens is 304 g/mol. The molecule has 136 valence electrons. The van der Waals surface area contributed by atoms with Crippen molar-refractivity contribution in [2.45, 2.75) is 70.8 Å². The van der Waals surface area contributed by atoms with Crippen molar-refractivity contribution in [3.05, 3.63) is 48.6 Å². The van der Waals surface area contributed by atoms with Gasteiger partial charge in [0.1, 0.15) is 6.10 Å². The highest BCUT2D eigenvalue weighted by atomic mass is 17.1. The summed E-state index contributed by atoms with van der Waals surface area (Å²) in [5.74, 6) is -0.773. The quantitative estimate of drug-likeness (QED) is 0.133. The summed E-state index contributed by atoms with van der Waals surface area (Å²) in [7, 11) is 0. The molecular formula is C20H32O4. The van der Waals surface area contributed by atoms with E-state index in [-0.39, 0.29) is 12.5 Å². The van der Waals surface area contributed by atoms with Crippen molar-refractivity contribution < 1.29 is 20.0 Å². The molecule has 0 aliphatic heterocycles. The average molecular weight is 336 g/mol. The fraction of sp³-hybridized carbons (Fsp3) is 0.550. The van der Waals surface area contributed by atoms with Crippen LogP contribution < -0.4 is 0 Å². The molecule has 24 heavy (non-hydrogen) atoms. The van der Waals surface area contributed by atoms with E-state index < -0.39 is 5.97 Å². The third kappa shape index (κ3) is 16.7. The van der Waals surface area contributed by atoms with Crippen LogP contribution in [-0.2, 0) is 9.68 Å². The lowest BCUT2D eigenvalue weighted by molar-refractivity contribution is -0.264. The molecule has 0 saturated heterocycles. The van der Waals surface area contributed by atoms with Crippen molar-refractivity contribution in [1.82, 2.24) is 0 Å². The lowest BCUT2D eigenvalue weighted by Gasteiger charge is -2.04. The SMILES string of the molecule is CCCCC/C=C\C/C=C\C=C\C(C/C=C\CCCC(=O)O)OO. The molecule has 4 heteroatoms. The van der Waals surface area contributed by atoms with Crippen molar-refractivity contribution >= 4 is 5.97 Å². The molecule has 0 aromatic carbocycles. The van der Waals surface area contributed by atoms with Gasteiger partial charge in [0.25, 0.3) is 0 Å². The van der Waals surface area contributed by atoms with Gasteiger partial charge in [-0.05, 0) is 38.5 Å². The number of carboxylic acids is 1. The predicted octanol–water partition coefficient (Wildman–Crippen LogP) is 5.68. The zero-order valence-corrected chi connectivity index (χ0v) is 14.8. The Morgan fingerprint density at radius 3 is 2.46 bits per heavy atom. The maximum absolute atomic E-state index is 10.4. The van der Waals surface area contributed by atoms with E-state index in [4.69, 9.17) is 10.4 Å². The van der Waals surface area contributed by atoms with Crippen molar-refractivity contribution in [3.63, 3.8) is 0 Å². The van der Waals surface area contributed by atoms with Crippen LogP contribution in [0, 0.1) is 0 Å². The minimum atomic E-state index is -0.773. The standard InChI is InChI=1S/C20H32O4/c1-2-3-4-5-6-7-8-9-10-13-16-19(24-23)17-14-11-12-15-18-20(21)22/h6-7,9-11,13-14,16,19,23H,2-5,8,12,15,17-18H2,1H3,(H,21,22)/b7-6-,10-9-,14-11-,16-13+.